The summed E-state index contributed by atoms with van der Waals surface area (Å²) in [5.74, 6) is -2.27. The van der Waals surface area contributed by atoms with Crippen LogP contribution in [-0.2, 0) is 19.1 Å². The van der Waals surface area contributed by atoms with Crippen LogP contribution in [-0.4, -0.2) is 25.2 Å². The predicted octanol–water partition coefficient (Wildman–Crippen LogP) is 3.15. The number of hydrogen-bond acceptors (Lipinski definition) is 5. The van der Waals surface area contributed by atoms with Crippen molar-refractivity contribution in [2.24, 2.45) is 0 Å². The van der Waals surface area contributed by atoms with Gasteiger partial charge in [0.2, 0.25) is 0 Å². The highest BCUT2D eigenvalue weighted by Gasteiger charge is 2.31. The molecule has 0 bridgehead atoms. The summed E-state index contributed by atoms with van der Waals surface area (Å²) in [6.07, 6.45) is 0. The van der Waals surface area contributed by atoms with Gasteiger partial charge in [-0.25, -0.2) is 0 Å². The summed E-state index contributed by atoms with van der Waals surface area (Å²) >= 11 is 0. The molecular formula is C19H21NO4. The van der Waals surface area contributed by atoms with Crippen LogP contribution in [0.2, 0.25) is 0 Å². The van der Waals surface area contributed by atoms with Crippen molar-refractivity contribution < 1.29 is 19.1 Å². The van der Waals surface area contributed by atoms with Crippen molar-refractivity contribution in [1.82, 2.24) is 0 Å². The Bertz CT molecular complexity index is 674. The third-order valence-electron chi connectivity index (χ3n) is 3.53. The second-order valence-corrected chi connectivity index (χ2v) is 5.18. The molecule has 24 heavy (non-hydrogen) atoms. The number of anilines is 1. The number of rotatable bonds is 6. The number of ether oxygens (including phenoxy) is 2. The van der Waals surface area contributed by atoms with E-state index in [1.807, 2.05) is 36.4 Å². The first-order valence-corrected chi connectivity index (χ1v) is 7.86. The van der Waals surface area contributed by atoms with Crippen molar-refractivity contribution >= 4 is 17.6 Å². The van der Waals surface area contributed by atoms with Crippen LogP contribution in [0.25, 0.3) is 11.1 Å². The van der Waals surface area contributed by atoms with Crippen molar-refractivity contribution in [2.45, 2.75) is 19.8 Å². The Labute approximate surface area is 141 Å². The van der Waals surface area contributed by atoms with E-state index in [0.717, 1.165) is 11.1 Å². The molecule has 2 rings (SSSR count). The molecule has 5 nitrogen and oxygen atoms in total. The number of nitrogens with two attached hydrogens (primary N) is 1. The molecule has 0 fully saturated rings. The SMILES string of the molecule is CCOC(=O)C(C(=O)OCC)c1ccc(-c2ccc(N)cc2)cc1. The molecule has 0 aliphatic heterocycles. The second-order valence-electron chi connectivity index (χ2n) is 5.18. The first kappa shape index (κ1) is 17.5. The van der Waals surface area contributed by atoms with Gasteiger partial charge in [0.05, 0.1) is 13.2 Å². The Kier molecular flexibility index (Phi) is 5.95. The average molecular weight is 327 g/mol. The number of hydrogen-bond donors (Lipinski definition) is 1. The molecule has 0 aliphatic carbocycles. The van der Waals surface area contributed by atoms with Crippen LogP contribution in [0.4, 0.5) is 5.69 Å². The fourth-order valence-corrected chi connectivity index (χ4v) is 2.36. The molecule has 0 atom stereocenters. The summed E-state index contributed by atoms with van der Waals surface area (Å²) in [4.78, 5) is 24.2. The van der Waals surface area contributed by atoms with Gasteiger partial charge in [0.25, 0.3) is 0 Å². The fraction of sp³-hybridized carbons (Fsp3) is 0.263. The van der Waals surface area contributed by atoms with Gasteiger partial charge in [-0.15, -0.1) is 0 Å². The van der Waals surface area contributed by atoms with E-state index in [2.05, 4.69) is 0 Å². The Morgan fingerprint density at radius 2 is 1.25 bits per heavy atom. The van der Waals surface area contributed by atoms with Crippen LogP contribution in [0, 0.1) is 0 Å². The summed E-state index contributed by atoms with van der Waals surface area (Å²) in [5.41, 5.74) is 8.89. The standard InChI is InChI=1S/C19H21NO4/c1-3-23-18(21)17(19(22)24-4-2)15-7-5-13(6-8-15)14-9-11-16(20)12-10-14/h5-12,17H,3-4,20H2,1-2H3. The lowest BCUT2D eigenvalue weighted by atomic mass is 9.96. The molecule has 0 spiro atoms. The van der Waals surface area contributed by atoms with Gasteiger partial charge in [0, 0.05) is 5.69 Å². The molecule has 2 N–H and O–H groups in total. The second kappa shape index (κ2) is 8.15. The molecule has 0 heterocycles. The molecular weight excluding hydrogens is 306 g/mol. The molecule has 2 aromatic rings. The number of carbonyl (C=O) groups excluding carboxylic acids is 2. The van der Waals surface area contributed by atoms with Crippen LogP contribution in [0.1, 0.15) is 25.3 Å². The lowest BCUT2D eigenvalue weighted by Crippen LogP contribution is -2.26. The maximum Gasteiger partial charge on any atom is 0.324 e. The van der Waals surface area contributed by atoms with E-state index in [1.54, 1.807) is 26.0 Å². The maximum absolute atomic E-state index is 12.1. The molecule has 0 aromatic heterocycles. The molecule has 0 unspecified atom stereocenters. The highest BCUT2D eigenvalue weighted by molar-refractivity contribution is 6.00. The van der Waals surface area contributed by atoms with Gasteiger partial charge in [-0.05, 0) is 42.7 Å². The van der Waals surface area contributed by atoms with Gasteiger partial charge in [0.1, 0.15) is 0 Å². The van der Waals surface area contributed by atoms with Gasteiger partial charge in [-0.1, -0.05) is 36.4 Å². The quantitative estimate of drug-likeness (QED) is 0.501. The van der Waals surface area contributed by atoms with Crippen molar-refractivity contribution in [3.63, 3.8) is 0 Å². The van der Waals surface area contributed by atoms with Crippen LogP contribution in [0.3, 0.4) is 0 Å². The van der Waals surface area contributed by atoms with Gasteiger partial charge in [-0.2, -0.15) is 0 Å². The number of benzene rings is 2. The Hall–Kier alpha value is -2.82. The van der Waals surface area contributed by atoms with Gasteiger partial charge in [-0.3, -0.25) is 9.59 Å². The Morgan fingerprint density at radius 1 is 0.833 bits per heavy atom. The van der Waals surface area contributed by atoms with Crippen molar-refractivity contribution in [1.29, 1.82) is 0 Å². The molecule has 2 aromatic carbocycles. The van der Waals surface area contributed by atoms with Crippen molar-refractivity contribution in [2.75, 3.05) is 18.9 Å². The zero-order valence-corrected chi connectivity index (χ0v) is 13.8. The molecule has 0 amide bonds. The van der Waals surface area contributed by atoms with Gasteiger partial charge in [0.15, 0.2) is 5.92 Å². The number of carbonyl (C=O) groups is 2. The van der Waals surface area contributed by atoms with Crippen LogP contribution < -0.4 is 5.73 Å². The van der Waals surface area contributed by atoms with Crippen molar-refractivity contribution in [3.05, 3.63) is 54.1 Å². The zero-order valence-electron chi connectivity index (χ0n) is 13.8. The Morgan fingerprint density at radius 3 is 1.67 bits per heavy atom. The van der Waals surface area contributed by atoms with E-state index in [4.69, 9.17) is 15.2 Å². The first-order chi connectivity index (χ1) is 11.6. The zero-order chi connectivity index (χ0) is 17.5. The van der Waals surface area contributed by atoms with Gasteiger partial charge >= 0.3 is 11.9 Å². The van der Waals surface area contributed by atoms with E-state index < -0.39 is 17.9 Å². The minimum absolute atomic E-state index is 0.207. The van der Waals surface area contributed by atoms with E-state index in [0.29, 0.717) is 11.3 Å². The maximum atomic E-state index is 12.1. The fourth-order valence-electron chi connectivity index (χ4n) is 2.36. The van der Waals surface area contributed by atoms with E-state index in [-0.39, 0.29) is 13.2 Å². The predicted molar refractivity (Wildman–Crippen MR) is 92.3 cm³/mol. The summed E-state index contributed by atoms with van der Waals surface area (Å²) in [7, 11) is 0. The van der Waals surface area contributed by atoms with E-state index >= 15 is 0 Å². The summed E-state index contributed by atoms with van der Waals surface area (Å²) < 4.78 is 10.0. The molecule has 0 radical (unpaired) electrons. The highest BCUT2D eigenvalue weighted by atomic mass is 16.6. The van der Waals surface area contributed by atoms with E-state index in [1.165, 1.54) is 0 Å². The number of nitrogen functional groups attached to an aromatic ring is 1. The number of esters is 2. The van der Waals surface area contributed by atoms with Crippen LogP contribution >= 0.6 is 0 Å². The lowest BCUT2D eigenvalue weighted by Gasteiger charge is -2.15. The van der Waals surface area contributed by atoms with Crippen LogP contribution in [0.15, 0.2) is 48.5 Å². The highest BCUT2D eigenvalue weighted by Crippen LogP contribution is 2.25. The minimum Gasteiger partial charge on any atom is -0.465 e. The van der Waals surface area contributed by atoms with Gasteiger partial charge < -0.3 is 15.2 Å². The third-order valence-corrected chi connectivity index (χ3v) is 3.53. The molecule has 5 heteroatoms. The molecule has 0 saturated carbocycles. The normalized spacial score (nSPS) is 10.5. The smallest absolute Gasteiger partial charge is 0.324 e. The summed E-state index contributed by atoms with van der Waals surface area (Å²) in [6, 6.07) is 14.7. The van der Waals surface area contributed by atoms with Crippen LogP contribution in [0.5, 0.6) is 0 Å². The summed E-state index contributed by atoms with van der Waals surface area (Å²) in [6.45, 7) is 3.81. The van der Waals surface area contributed by atoms with Crippen molar-refractivity contribution in [3.8, 4) is 11.1 Å². The molecule has 0 aliphatic rings. The minimum atomic E-state index is -1.06. The first-order valence-electron chi connectivity index (χ1n) is 7.86. The monoisotopic (exact) mass is 327 g/mol. The topological polar surface area (TPSA) is 78.6 Å². The lowest BCUT2D eigenvalue weighted by molar-refractivity contribution is -0.156. The average Bonchev–Trinajstić information content (AvgIpc) is 2.57. The Balaban J connectivity index is 2.28. The summed E-state index contributed by atoms with van der Waals surface area (Å²) in [5, 5.41) is 0. The van der Waals surface area contributed by atoms with E-state index in [9.17, 15) is 9.59 Å². The molecule has 126 valence electrons. The molecule has 0 saturated heterocycles. The third kappa shape index (κ3) is 4.13. The largest absolute Gasteiger partial charge is 0.465 e.